The van der Waals surface area contributed by atoms with Crippen LogP contribution in [0.1, 0.15) is 30.1 Å². The van der Waals surface area contributed by atoms with Crippen molar-refractivity contribution in [2.24, 2.45) is 0 Å². The van der Waals surface area contributed by atoms with E-state index in [1.807, 2.05) is 31.1 Å². The van der Waals surface area contributed by atoms with Gasteiger partial charge in [-0.25, -0.2) is 13.9 Å². The average Bonchev–Trinajstić information content (AvgIpc) is 2.87. The average molecular weight is 542 g/mol. The minimum atomic E-state index is -4.11. The van der Waals surface area contributed by atoms with Gasteiger partial charge in [0.1, 0.15) is 12.4 Å². The van der Waals surface area contributed by atoms with Gasteiger partial charge in [0.05, 0.1) is 10.9 Å². The Morgan fingerprint density at radius 3 is 2.19 bits per heavy atom. The highest BCUT2D eigenvalue weighted by atomic mass is 35.5. The molecule has 12 heteroatoms. The van der Waals surface area contributed by atoms with Crippen molar-refractivity contribution in [2.75, 3.05) is 38.8 Å². The van der Waals surface area contributed by atoms with Gasteiger partial charge in [-0.3, -0.25) is 14.8 Å². The molecule has 198 valence electrons. The van der Waals surface area contributed by atoms with E-state index in [4.69, 9.17) is 14.7 Å². The van der Waals surface area contributed by atoms with Gasteiger partial charge in [-0.05, 0) is 68.3 Å². The number of nitrogens with one attached hydrogen (secondary N) is 2. The summed E-state index contributed by atoms with van der Waals surface area (Å²) >= 11 is 0. The molecule has 36 heavy (non-hydrogen) atoms. The molecule has 0 aliphatic carbocycles. The van der Waals surface area contributed by atoms with Crippen LogP contribution in [0.25, 0.3) is 0 Å². The predicted molar refractivity (Wildman–Crippen MR) is 137 cm³/mol. The minimum Gasteiger partial charge on any atom is -0.491 e. The number of anilines is 1. The van der Waals surface area contributed by atoms with Gasteiger partial charge in [-0.1, -0.05) is 0 Å². The number of nitrogens with zero attached hydrogens (tertiary/aromatic N) is 1. The zero-order valence-corrected chi connectivity index (χ0v) is 22.0. The second kappa shape index (κ2) is 12.4. The molecule has 2 aromatic rings. The fourth-order valence-electron chi connectivity index (χ4n) is 3.84. The quantitative estimate of drug-likeness (QED) is 0.325. The number of halogens is 1. The van der Waals surface area contributed by atoms with Gasteiger partial charge < -0.3 is 19.7 Å². The van der Waals surface area contributed by atoms with Crippen molar-refractivity contribution < 1.29 is 32.7 Å². The van der Waals surface area contributed by atoms with Crippen LogP contribution < -0.4 is 20.4 Å². The summed E-state index contributed by atoms with van der Waals surface area (Å²) in [5.41, 5.74) is 3.02. The van der Waals surface area contributed by atoms with Crippen LogP contribution in [0.15, 0.2) is 53.4 Å². The maximum Gasteiger partial charge on any atom is 0.265 e. The number of amides is 2. The molecular weight excluding hydrogens is 510 g/mol. The van der Waals surface area contributed by atoms with Crippen molar-refractivity contribution in [1.29, 1.82) is 0 Å². The molecule has 2 amide bonds. The molecular formula is C24H32ClN3O7S. The smallest absolute Gasteiger partial charge is 0.265 e. The third kappa shape index (κ3) is 6.28. The number of sulfone groups is 1. The number of carbonyl (C=O) groups excluding carboxylic acids is 2. The Hall–Kier alpha value is -2.86. The summed E-state index contributed by atoms with van der Waals surface area (Å²) in [6, 6.07) is 12.6. The second-order valence-corrected chi connectivity index (χ2v) is 10.9. The van der Waals surface area contributed by atoms with E-state index >= 15 is 0 Å². The van der Waals surface area contributed by atoms with Gasteiger partial charge in [0, 0.05) is 38.6 Å². The first-order chi connectivity index (χ1) is 16.6. The highest BCUT2D eigenvalue weighted by Gasteiger charge is 2.52. The summed E-state index contributed by atoms with van der Waals surface area (Å²) in [5.74, 6) is -0.785. The molecule has 1 saturated heterocycles. The highest BCUT2D eigenvalue weighted by Crippen LogP contribution is 2.35. The third-order valence-corrected chi connectivity index (χ3v) is 8.50. The largest absolute Gasteiger partial charge is 0.491 e. The zero-order valence-electron chi connectivity index (χ0n) is 20.4. The lowest BCUT2D eigenvalue weighted by Gasteiger charge is -2.34. The van der Waals surface area contributed by atoms with E-state index in [1.54, 1.807) is 19.1 Å². The van der Waals surface area contributed by atoms with E-state index in [1.165, 1.54) is 29.7 Å². The molecule has 0 spiro atoms. The summed E-state index contributed by atoms with van der Waals surface area (Å²) in [4.78, 5) is 26.7. The fourth-order valence-corrected chi connectivity index (χ4v) is 5.78. The van der Waals surface area contributed by atoms with Gasteiger partial charge >= 0.3 is 0 Å². The van der Waals surface area contributed by atoms with Crippen LogP contribution in [-0.2, 0) is 19.4 Å². The molecule has 2 aromatic carbocycles. The molecule has 1 atom stereocenters. The number of hydrogen-bond donors (Lipinski definition) is 3. The van der Waals surface area contributed by atoms with E-state index in [9.17, 15) is 18.0 Å². The molecule has 3 rings (SSSR count). The van der Waals surface area contributed by atoms with Crippen molar-refractivity contribution in [1.82, 2.24) is 10.8 Å². The van der Waals surface area contributed by atoms with E-state index in [0.29, 0.717) is 11.3 Å². The summed E-state index contributed by atoms with van der Waals surface area (Å²) in [6.07, 6.45) is -0.121. The number of ether oxygens (including phenoxy) is 2. The van der Waals surface area contributed by atoms with Crippen molar-refractivity contribution in [3.8, 4) is 5.75 Å². The normalized spacial score (nSPS) is 15.7. The topological polar surface area (TPSA) is 134 Å². The van der Waals surface area contributed by atoms with E-state index in [-0.39, 0.29) is 61.9 Å². The van der Waals surface area contributed by atoms with Crippen molar-refractivity contribution in [2.45, 2.75) is 35.4 Å². The number of rotatable bonds is 9. The number of hydroxylamine groups is 1. The van der Waals surface area contributed by atoms with Crippen LogP contribution in [0, 0.1) is 0 Å². The first-order valence-electron chi connectivity index (χ1n) is 11.2. The van der Waals surface area contributed by atoms with E-state index < -0.39 is 20.5 Å². The van der Waals surface area contributed by atoms with Crippen molar-refractivity contribution in [3.05, 3.63) is 54.1 Å². The van der Waals surface area contributed by atoms with Crippen LogP contribution >= 0.6 is 12.4 Å². The Bertz CT molecular complexity index is 1130. The number of carbonyl (C=O) groups is 2. The van der Waals surface area contributed by atoms with Crippen LogP contribution in [0.2, 0.25) is 0 Å². The lowest BCUT2D eigenvalue weighted by molar-refractivity contribution is -0.134. The lowest BCUT2D eigenvalue weighted by atomic mass is 9.98. The van der Waals surface area contributed by atoms with Crippen molar-refractivity contribution in [3.63, 3.8) is 0 Å². The van der Waals surface area contributed by atoms with Crippen LogP contribution in [0.5, 0.6) is 5.75 Å². The second-order valence-electron chi connectivity index (χ2n) is 8.65. The Labute approximate surface area is 217 Å². The maximum absolute atomic E-state index is 13.3. The van der Waals surface area contributed by atoms with Gasteiger partial charge in [0.2, 0.25) is 0 Å². The highest BCUT2D eigenvalue weighted by molar-refractivity contribution is 7.93. The minimum absolute atomic E-state index is 0. The van der Waals surface area contributed by atoms with E-state index in [0.717, 1.165) is 5.69 Å². The Morgan fingerprint density at radius 2 is 1.67 bits per heavy atom. The third-order valence-electron chi connectivity index (χ3n) is 5.99. The SMILES string of the molecule is C[C@H](COc1ccc(S(=O)(=O)C2(C(=O)NO)CCOCC2)cc1)NC(=O)c1ccc(N(C)C)cc1.Cl. The van der Waals surface area contributed by atoms with E-state index in [2.05, 4.69) is 5.32 Å². The van der Waals surface area contributed by atoms with Gasteiger partial charge in [-0.15, -0.1) is 12.4 Å². The fraction of sp³-hybridized carbons (Fsp3) is 0.417. The summed E-state index contributed by atoms with van der Waals surface area (Å²) < 4.78 is 35.7. The lowest BCUT2D eigenvalue weighted by Crippen LogP contribution is -2.54. The molecule has 1 fully saturated rings. The van der Waals surface area contributed by atoms with Gasteiger partial charge in [0.15, 0.2) is 14.6 Å². The molecule has 1 aliphatic rings. The summed E-state index contributed by atoms with van der Waals surface area (Å²) in [6.45, 7) is 2.16. The standard InChI is InChI=1S/C24H31N3O7S.ClH/c1-17(25-22(28)18-4-6-19(7-5-18)27(2)3)16-34-20-8-10-21(11-9-20)35(31,32)24(23(29)26-30)12-14-33-15-13-24;/h4-11,17,30H,12-16H2,1-3H3,(H,25,28)(H,26,29);1H/t17-;/m1./s1. The Morgan fingerprint density at radius 1 is 1.08 bits per heavy atom. The predicted octanol–water partition coefficient (Wildman–Crippen LogP) is 2.20. The Balaban J connectivity index is 0.00000456. The van der Waals surface area contributed by atoms with Crippen LogP contribution in [0.4, 0.5) is 5.69 Å². The molecule has 0 saturated carbocycles. The van der Waals surface area contributed by atoms with Gasteiger partial charge in [0.25, 0.3) is 11.8 Å². The molecule has 1 aliphatic heterocycles. The number of benzene rings is 2. The molecule has 10 nitrogen and oxygen atoms in total. The van der Waals surface area contributed by atoms with Crippen LogP contribution in [-0.4, -0.2) is 70.1 Å². The van der Waals surface area contributed by atoms with Crippen molar-refractivity contribution >= 4 is 39.7 Å². The zero-order chi connectivity index (χ0) is 25.6. The maximum atomic E-state index is 13.3. The summed E-state index contributed by atoms with van der Waals surface area (Å²) in [5, 5.41) is 12.0. The number of hydrogen-bond acceptors (Lipinski definition) is 8. The van der Waals surface area contributed by atoms with Gasteiger partial charge in [-0.2, -0.15) is 0 Å². The van der Waals surface area contributed by atoms with Crippen LogP contribution in [0.3, 0.4) is 0 Å². The molecule has 0 bridgehead atoms. The molecule has 1 heterocycles. The Kier molecular flexibility index (Phi) is 10.1. The summed E-state index contributed by atoms with van der Waals surface area (Å²) in [7, 11) is -0.262. The molecule has 0 radical (unpaired) electrons. The molecule has 0 aromatic heterocycles. The first-order valence-corrected chi connectivity index (χ1v) is 12.7. The molecule has 0 unspecified atom stereocenters. The monoisotopic (exact) mass is 541 g/mol. The first kappa shape index (κ1) is 29.4. The molecule has 3 N–H and O–H groups in total.